The van der Waals surface area contributed by atoms with E-state index in [9.17, 15) is 9.59 Å². The zero-order valence-corrected chi connectivity index (χ0v) is 28.6. The largest absolute Gasteiger partial charge is 0.488 e. The Morgan fingerprint density at radius 1 is 1.08 bits per heavy atom. The van der Waals surface area contributed by atoms with Crippen molar-refractivity contribution < 1.29 is 14.3 Å². The molecule has 0 aliphatic carbocycles. The standard InChI is InChI=1S/C37H43ClN6O4/c1-5-31(45)42-16-23(4)43(17-22(42)3)36-28-15-29(38)33(32-21(2)8-11-30-27(32)12-13-39-30)35-34(28)44(37(46)40-36)26(20-48-35)7-6-14-41-24-9-10-25(41)19-47-18-24/h5,8,11-13,15,22-26,39H,1,6-7,9-10,14,16-20H2,2-4H3/t22-,23+,24?,25?,26+/m1/s1. The summed E-state index contributed by atoms with van der Waals surface area (Å²) in [6.07, 6.45) is 7.43. The van der Waals surface area contributed by atoms with E-state index >= 15 is 0 Å². The molecule has 4 aliphatic rings. The average Bonchev–Trinajstić information content (AvgIpc) is 3.63. The van der Waals surface area contributed by atoms with E-state index < -0.39 is 0 Å². The minimum absolute atomic E-state index is 0.0858. The molecule has 48 heavy (non-hydrogen) atoms. The lowest BCUT2D eigenvalue weighted by Crippen LogP contribution is -2.58. The van der Waals surface area contributed by atoms with E-state index in [2.05, 4.69) is 53.4 Å². The molecule has 8 rings (SSSR count). The minimum atomic E-state index is -0.284. The molecule has 2 bridgehead atoms. The fourth-order valence-electron chi connectivity index (χ4n) is 8.73. The maximum Gasteiger partial charge on any atom is 0.350 e. The molecule has 2 aromatic carbocycles. The van der Waals surface area contributed by atoms with Crippen molar-refractivity contribution in [1.82, 2.24) is 24.3 Å². The lowest BCUT2D eigenvalue weighted by Gasteiger charge is -2.45. The highest BCUT2D eigenvalue weighted by Crippen LogP contribution is 2.49. The van der Waals surface area contributed by atoms with Crippen molar-refractivity contribution in [3.8, 4) is 16.9 Å². The van der Waals surface area contributed by atoms with Gasteiger partial charge in [-0.1, -0.05) is 24.2 Å². The Morgan fingerprint density at radius 2 is 1.88 bits per heavy atom. The van der Waals surface area contributed by atoms with Gasteiger partial charge in [0.25, 0.3) is 0 Å². The summed E-state index contributed by atoms with van der Waals surface area (Å²) < 4.78 is 14.4. The lowest BCUT2D eigenvalue weighted by molar-refractivity contribution is -0.128. The predicted octanol–water partition coefficient (Wildman–Crippen LogP) is 5.70. The molecular formula is C37H43ClN6O4. The third kappa shape index (κ3) is 5.02. The number of hydrogen-bond acceptors (Lipinski definition) is 7. The second-order valence-corrected chi connectivity index (χ2v) is 14.5. The molecule has 3 saturated heterocycles. The number of anilines is 1. The summed E-state index contributed by atoms with van der Waals surface area (Å²) in [4.78, 5) is 41.6. The predicted molar refractivity (Wildman–Crippen MR) is 189 cm³/mol. The van der Waals surface area contributed by atoms with Gasteiger partial charge in [0.15, 0.2) is 5.75 Å². The van der Waals surface area contributed by atoms with Crippen molar-refractivity contribution in [3.63, 3.8) is 0 Å². The highest BCUT2D eigenvalue weighted by atomic mass is 35.5. The van der Waals surface area contributed by atoms with Gasteiger partial charge in [-0.15, -0.1) is 0 Å². The van der Waals surface area contributed by atoms with Crippen LogP contribution >= 0.6 is 11.6 Å². The van der Waals surface area contributed by atoms with Crippen LogP contribution in [0.2, 0.25) is 5.02 Å². The van der Waals surface area contributed by atoms with E-state index in [0.29, 0.717) is 48.4 Å². The van der Waals surface area contributed by atoms with E-state index in [4.69, 9.17) is 26.1 Å². The monoisotopic (exact) mass is 670 g/mol. The van der Waals surface area contributed by atoms with Gasteiger partial charge in [0, 0.05) is 65.3 Å². The van der Waals surface area contributed by atoms with Gasteiger partial charge in [0.05, 0.1) is 29.8 Å². The number of rotatable bonds is 7. The number of H-pyrrole nitrogens is 1. The molecule has 0 radical (unpaired) electrons. The molecule has 3 fully saturated rings. The molecule has 5 atom stereocenters. The number of hydrogen-bond donors (Lipinski definition) is 1. The number of fused-ring (bicyclic) bond motifs is 3. The number of amides is 1. The van der Waals surface area contributed by atoms with Crippen LogP contribution in [0.25, 0.3) is 32.9 Å². The van der Waals surface area contributed by atoms with E-state index in [1.165, 1.54) is 18.9 Å². The van der Waals surface area contributed by atoms with E-state index in [0.717, 1.165) is 71.1 Å². The first-order chi connectivity index (χ1) is 23.2. The Balaban J connectivity index is 1.25. The molecule has 6 heterocycles. The van der Waals surface area contributed by atoms with Crippen molar-refractivity contribution >= 4 is 45.1 Å². The number of ether oxygens (including phenoxy) is 2. The highest BCUT2D eigenvalue weighted by Gasteiger charge is 2.38. The maximum absolute atomic E-state index is 14.3. The van der Waals surface area contributed by atoms with Crippen molar-refractivity contribution in [3.05, 3.63) is 64.2 Å². The van der Waals surface area contributed by atoms with Crippen LogP contribution in [-0.4, -0.2) is 93.9 Å². The smallest absolute Gasteiger partial charge is 0.350 e. The summed E-state index contributed by atoms with van der Waals surface area (Å²) in [5, 5.41) is 2.38. The molecule has 2 unspecified atom stereocenters. The molecule has 2 aromatic heterocycles. The maximum atomic E-state index is 14.3. The quantitative estimate of drug-likeness (QED) is 0.252. The number of nitrogens with one attached hydrogen (secondary N) is 1. The fraction of sp³-hybridized carbons (Fsp3) is 0.486. The van der Waals surface area contributed by atoms with Crippen LogP contribution in [0.4, 0.5) is 5.82 Å². The second-order valence-electron chi connectivity index (χ2n) is 14.1. The summed E-state index contributed by atoms with van der Waals surface area (Å²) in [6, 6.07) is 8.84. The summed E-state index contributed by atoms with van der Waals surface area (Å²) in [5.41, 5.74) is 4.32. The number of halogens is 1. The van der Waals surface area contributed by atoms with E-state index in [1.54, 1.807) is 0 Å². The van der Waals surface area contributed by atoms with Gasteiger partial charge >= 0.3 is 5.69 Å². The Morgan fingerprint density at radius 3 is 2.65 bits per heavy atom. The first-order valence-corrected chi connectivity index (χ1v) is 17.6. The first kappa shape index (κ1) is 31.4. The third-order valence-electron chi connectivity index (χ3n) is 11.1. The lowest BCUT2D eigenvalue weighted by atomic mass is 9.93. The molecular weight excluding hydrogens is 628 g/mol. The molecule has 1 amide bonds. The van der Waals surface area contributed by atoms with Gasteiger partial charge in [-0.25, -0.2) is 4.79 Å². The Hall–Kier alpha value is -3.86. The second kappa shape index (κ2) is 12.2. The molecule has 252 valence electrons. The molecule has 4 aliphatic heterocycles. The van der Waals surface area contributed by atoms with Crippen LogP contribution in [0.1, 0.15) is 51.1 Å². The zero-order valence-electron chi connectivity index (χ0n) is 27.9. The Kier molecular flexibility index (Phi) is 8.00. The first-order valence-electron chi connectivity index (χ1n) is 17.3. The Labute approximate surface area is 285 Å². The number of nitrogens with zero attached hydrogens (tertiary/aromatic N) is 5. The van der Waals surface area contributed by atoms with Crippen LogP contribution < -0.4 is 15.3 Å². The van der Waals surface area contributed by atoms with Gasteiger partial charge in [0.2, 0.25) is 5.91 Å². The SMILES string of the molecule is C=CC(=O)N1C[C@H](C)N(c2nc(=O)n3c4c(c(-c5c(C)ccc6[nH]ccc56)c(Cl)cc24)OC[C@@H]3CCCN2C3CCC2COC3)C[C@H]1C. The van der Waals surface area contributed by atoms with Gasteiger partial charge in [-0.05, 0) is 88.4 Å². The van der Waals surface area contributed by atoms with Crippen LogP contribution in [0.5, 0.6) is 5.75 Å². The topological polar surface area (TPSA) is 95.9 Å². The third-order valence-corrected chi connectivity index (χ3v) is 11.4. The summed E-state index contributed by atoms with van der Waals surface area (Å²) in [6.45, 7) is 13.8. The zero-order chi connectivity index (χ0) is 33.3. The molecule has 4 aromatic rings. The summed E-state index contributed by atoms with van der Waals surface area (Å²) in [5.74, 6) is 1.11. The van der Waals surface area contributed by atoms with Gasteiger partial charge in [-0.2, -0.15) is 4.98 Å². The number of benzene rings is 2. The van der Waals surface area contributed by atoms with Crippen molar-refractivity contribution in [2.75, 3.05) is 44.4 Å². The molecule has 0 spiro atoms. The fourth-order valence-corrected chi connectivity index (χ4v) is 9.02. The molecule has 0 saturated carbocycles. The van der Waals surface area contributed by atoms with Gasteiger partial charge in [0.1, 0.15) is 12.4 Å². The van der Waals surface area contributed by atoms with Gasteiger partial charge < -0.3 is 24.3 Å². The number of piperazine rings is 1. The molecule has 10 nitrogen and oxygen atoms in total. The number of morpholine rings is 1. The highest BCUT2D eigenvalue weighted by molar-refractivity contribution is 6.35. The van der Waals surface area contributed by atoms with Crippen molar-refractivity contribution in [1.29, 1.82) is 0 Å². The average molecular weight is 671 g/mol. The molecule has 11 heteroatoms. The number of aryl methyl sites for hydroxylation is 1. The number of carbonyl (C=O) groups excluding carboxylic acids is 1. The number of aromatic amines is 1. The van der Waals surface area contributed by atoms with Crippen molar-refractivity contribution in [2.45, 2.75) is 76.7 Å². The number of carbonyl (C=O) groups is 1. The van der Waals surface area contributed by atoms with Crippen LogP contribution in [-0.2, 0) is 9.53 Å². The molecule has 1 N–H and O–H groups in total. The van der Waals surface area contributed by atoms with Crippen LogP contribution in [0, 0.1) is 6.92 Å². The van der Waals surface area contributed by atoms with E-state index in [1.807, 2.05) is 28.7 Å². The van der Waals surface area contributed by atoms with Crippen molar-refractivity contribution in [2.24, 2.45) is 0 Å². The summed E-state index contributed by atoms with van der Waals surface area (Å²) in [7, 11) is 0. The summed E-state index contributed by atoms with van der Waals surface area (Å²) >= 11 is 7.27. The van der Waals surface area contributed by atoms with Crippen LogP contribution in [0.3, 0.4) is 0 Å². The number of aromatic nitrogens is 3. The van der Waals surface area contributed by atoms with E-state index in [-0.39, 0.29) is 29.7 Å². The normalized spacial score (nSPS) is 25.5. The van der Waals surface area contributed by atoms with Gasteiger partial charge in [-0.3, -0.25) is 14.3 Å². The van der Waals surface area contributed by atoms with Crippen LogP contribution in [0.15, 0.2) is 47.9 Å². The Bertz CT molecular complexity index is 1970. The minimum Gasteiger partial charge on any atom is -0.488 e.